The quantitative estimate of drug-likeness (QED) is 0.0737. The number of carbonyl (C=O) groups excluding carboxylic acids is 7. The van der Waals surface area contributed by atoms with Gasteiger partial charge in [-0.1, -0.05) is 130 Å². The van der Waals surface area contributed by atoms with Gasteiger partial charge in [-0.25, -0.2) is 9.59 Å². The Morgan fingerprint density at radius 3 is 1.19 bits per heavy atom. The van der Waals surface area contributed by atoms with Crippen LogP contribution in [0.15, 0.2) is 24.3 Å². The van der Waals surface area contributed by atoms with E-state index in [0.29, 0.717) is 62.3 Å². The Morgan fingerprint density at radius 2 is 0.808 bits per heavy atom. The largest absolute Gasteiger partial charge is 0.382 e. The molecular formula is C59H111N5O9. The number of Topliss-reactive ketones (excluding diaryl/α,β-unsaturated/α-hetero) is 4. The fraction of sp³-hybridized carbons (Fsp3) is 0.780. The highest BCUT2D eigenvalue weighted by Gasteiger charge is 2.33. The Bertz CT molecular complexity index is 1690. The molecule has 14 heteroatoms. The fourth-order valence-electron chi connectivity index (χ4n) is 6.62. The summed E-state index contributed by atoms with van der Waals surface area (Å²) in [5.41, 5.74) is 0.776. The summed E-state index contributed by atoms with van der Waals surface area (Å²) in [4.78, 5) is 81.6. The molecule has 0 fully saturated rings. The van der Waals surface area contributed by atoms with Crippen molar-refractivity contribution in [1.29, 1.82) is 0 Å². The van der Waals surface area contributed by atoms with Crippen LogP contribution in [0.1, 0.15) is 237 Å². The number of unbranched alkanes of at least 4 members (excludes halogenated alkanes) is 2. The number of nitrogens with one attached hydrogen (secondary N) is 5. The molecule has 5 amide bonds. The van der Waals surface area contributed by atoms with Crippen molar-refractivity contribution in [2.45, 2.75) is 267 Å². The van der Waals surface area contributed by atoms with E-state index in [1.165, 1.54) is 0 Å². The van der Waals surface area contributed by atoms with Gasteiger partial charge in [0.25, 0.3) is 5.91 Å². The lowest BCUT2D eigenvalue weighted by Gasteiger charge is -2.25. The molecule has 0 unspecified atom stereocenters. The average Bonchev–Trinajstić information content (AvgIpc) is 3.08. The van der Waals surface area contributed by atoms with Crippen LogP contribution in [0.2, 0.25) is 0 Å². The summed E-state index contributed by atoms with van der Waals surface area (Å²) in [6.07, 6.45) is 3.23. The molecule has 426 valence electrons. The molecule has 73 heavy (non-hydrogen) atoms. The first-order chi connectivity index (χ1) is 31.9. The molecule has 1 aromatic rings. The van der Waals surface area contributed by atoms with E-state index in [4.69, 9.17) is 0 Å². The Labute approximate surface area is 445 Å². The summed E-state index contributed by atoms with van der Waals surface area (Å²) >= 11 is 0. The van der Waals surface area contributed by atoms with E-state index in [-0.39, 0.29) is 69.8 Å². The lowest BCUT2D eigenvalue weighted by atomic mass is 9.83. The maximum atomic E-state index is 12.0. The number of urea groups is 2. The van der Waals surface area contributed by atoms with Gasteiger partial charge >= 0.3 is 12.1 Å². The number of rotatable bonds is 17. The second-order valence-corrected chi connectivity index (χ2v) is 28.5. The summed E-state index contributed by atoms with van der Waals surface area (Å²) in [5, 5.41) is 33.1. The van der Waals surface area contributed by atoms with E-state index in [1.807, 2.05) is 86.6 Å². The van der Waals surface area contributed by atoms with Crippen LogP contribution in [0.4, 0.5) is 15.3 Å². The van der Waals surface area contributed by atoms with Crippen molar-refractivity contribution < 1.29 is 43.8 Å². The molecule has 7 N–H and O–H groups in total. The van der Waals surface area contributed by atoms with Gasteiger partial charge < -0.3 is 36.8 Å². The fourth-order valence-corrected chi connectivity index (χ4v) is 6.62. The van der Waals surface area contributed by atoms with Gasteiger partial charge in [-0.3, -0.25) is 24.0 Å². The van der Waals surface area contributed by atoms with Gasteiger partial charge in [0.1, 0.15) is 23.5 Å². The summed E-state index contributed by atoms with van der Waals surface area (Å²) in [5.74, 6) is -0.305. The number of ketones is 4. The molecule has 0 heterocycles. The zero-order chi connectivity index (χ0) is 57.5. The minimum Gasteiger partial charge on any atom is -0.382 e. The molecule has 0 aliphatic carbocycles. The standard InChI is InChI=1S/C18H28N2O2.C16H32N2O2.C13H25NO4.C11H22O.CH4/c1-17(2,3)12-15(21)11-13-7-9-14(10-8-13)19-16(22)20-18(4,5)6;1-15(2,3)12-13(19)10-8-7-9-11-17-14(20)18-16(4,5)6;1-12(2,3)7-8(15)9(16)10(17)11(18)14-13(4,5)6;1-10(2,3)7-9(12)8-11(4,5)6;/h7-10H,11-12H2,1-6H3,(H2,19,20,22);7-12H2,1-6H3,(H2,17,18,20);9-10,16-17H,7H2,1-6H3,(H,14,18);7-8H2,1-6H3;1H4/t;;9-,10+;;/m..1../s1. The van der Waals surface area contributed by atoms with Gasteiger partial charge in [-0.15, -0.1) is 0 Å². The van der Waals surface area contributed by atoms with Crippen LogP contribution in [0.25, 0.3) is 0 Å². The van der Waals surface area contributed by atoms with Gasteiger partial charge in [0.2, 0.25) is 0 Å². The van der Waals surface area contributed by atoms with Crippen molar-refractivity contribution in [2.75, 3.05) is 11.9 Å². The zero-order valence-electron chi connectivity index (χ0n) is 50.0. The molecule has 1 aromatic carbocycles. The summed E-state index contributed by atoms with van der Waals surface area (Å²) in [6, 6.07) is 7.05. The van der Waals surface area contributed by atoms with Gasteiger partial charge in [-0.2, -0.15) is 0 Å². The van der Waals surface area contributed by atoms with Gasteiger partial charge in [0.05, 0.1) is 0 Å². The predicted molar refractivity (Wildman–Crippen MR) is 304 cm³/mol. The number of hydrogen-bond donors (Lipinski definition) is 7. The van der Waals surface area contributed by atoms with Crippen molar-refractivity contribution in [3.8, 4) is 0 Å². The van der Waals surface area contributed by atoms with Gasteiger partial charge in [-0.05, 0) is 120 Å². The van der Waals surface area contributed by atoms with Gasteiger partial charge in [0, 0.05) is 73.8 Å². The lowest BCUT2D eigenvalue weighted by molar-refractivity contribution is -0.146. The molecule has 0 saturated carbocycles. The smallest absolute Gasteiger partial charge is 0.319 e. The number of aliphatic hydroxyl groups excluding tert-OH is 2. The third kappa shape index (κ3) is 52.5. The monoisotopic (exact) mass is 1030 g/mol. The predicted octanol–water partition coefficient (Wildman–Crippen LogP) is 12.5. The maximum Gasteiger partial charge on any atom is 0.319 e. The minimum absolute atomic E-state index is 0. The van der Waals surface area contributed by atoms with Crippen LogP contribution in [-0.4, -0.2) is 86.7 Å². The van der Waals surface area contributed by atoms with Crippen molar-refractivity contribution in [3.05, 3.63) is 29.8 Å². The molecule has 0 aromatic heterocycles. The topological polar surface area (TPSA) is 220 Å². The van der Waals surface area contributed by atoms with Crippen molar-refractivity contribution in [2.24, 2.45) is 27.1 Å². The molecule has 2 atom stereocenters. The normalized spacial score (nSPS) is 13.0. The first-order valence-corrected chi connectivity index (χ1v) is 25.9. The summed E-state index contributed by atoms with van der Waals surface area (Å²) in [6.45, 7) is 48.2. The molecule has 14 nitrogen and oxygen atoms in total. The Morgan fingerprint density at radius 1 is 0.438 bits per heavy atom. The number of aliphatic hydroxyl groups is 2. The highest BCUT2D eigenvalue weighted by Crippen LogP contribution is 2.26. The Hall–Kier alpha value is -4.17. The first-order valence-electron chi connectivity index (χ1n) is 25.9. The second kappa shape index (κ2) is 32.3. The van der Waals surface area contributed by atoms with E-state index < -0.39 is 29.4 Å². The highest BCUT2D eigenvalue weighted by molar-refractivity contribution is 5.92. The second-order valence-electron chi connectivity index (χ2n) is 28.5. The number of anilines is 1. The van der Waals surface area contributed by atoms with E-state index >= 15 is 0 Å². The third-order valence-electron chi connectivity index (χ3n) is 9.02. The van der Waals surface area contributed by atoms with Crippen LogP contribution in [-0.2, 0) is 30.4 Å². The van der Waals surface area contributed by atoms with E-state index in [1.54, 1.807) is 20.8 Å². The Balaban J connectivity index is -0.000000441. The number of benzene rings is 1. The molecule has 1 rings (SSSR count). The van der Waals surface area contributed by atoms with E-state index in [0.717, 1.165) is 24.8 Å². The summed E-state index contributed by atoms with van der Waals surface area (Å²) in [7, 11) is 0. The van der Waals surface area contributed by atoms with Crippen molar-refractivity contribution >= 4 is 46.8 Å². The lowest BCUT2D eigenvalue weighted by Crippen LogP contribution is -2.51. The minimum atomic E-state index is -1.72. The first kappa shape index (κ1) is 75.3. The molecule has 0 radical (unpaired) electrons. The Kier molecular flexibility index (Phi) is 33.3. The summed E-state index contributed by atoms with van der Waals surface area (Å²) < 4.78 is 0. The SMILES string of the molecule is C.CC(C)(C)CC(=O)CC(C)(C)C.CC(C)(C)CC(=O)CCCCCNC(=O)NC(C)(C)C.CC(C)(C)CC(=O)Cc1ccc(NC(=O)NC(C)(C)C)cc1.CC(C)(C)CC(=O)[C@@H](O)[C@H](O)C(=O)NC(C)(C)C. The number of carbonyl (C=O) groups is 7. The van der Waals surface area contributed by atoms with Crippen LogP contribution in [0.3, 0.4) is 0 Å². The van der Waals surface area contributed by atoms with Gasteiger partial charge in [0.15, 0.2) is 11.9 Å². The molecule has 0 bridgehead atoms. The molecule has 0 aliphatic rings. The van der Waals surface area contributed by atoms with E-state index in [9.17, 15) is 43.8 Å². The number of hydrogen-bond acceptors (Lipinski definition) is 9. The average molecular weight is 1030 g/mol. The number of amides is 5. The molecular weight excluding hydrogens is 923 g/mol. The van der Waals surface area contributed by atoms with Crippen LogP contribution < -0.4 is 26.6 Å². The third-order valence-corrected chi connectivity index (χ3v) is 9.02. The van der Waals surface area contributed by atoms with E-state index in [2.05, 4.69) is 110 Å². The highest BCUT2D eigenvalue weighted by atomic mass is 16.3. The zero-order valence-corrected chi connectivity index (χ0v) is 50.0. The molecule has 0 aliphatic heterocycles. The van der Waals surface area contributed by atoms with Crippen LogP contribution >= 0.6 is 0 Å². The van der Waals surface area contributed by atoms with Crippen LogP contribution in [0, 0.1) is 27.1 Å². The van der Waals surface area contributed by atoms with Crippen molar-refractivity contribution in [3.63, 3.8) is 0 Å². The molecule has 0 saturated heterocycles. The van der Waals surface area contributed by atoms with Crippen molar-refractivity contribution in [1.82, 2.24) is 21.3 Å². The molecule has 0 spiro atoms. The van der Waals surface area contributed by atoms with Crippen LogP contribution in [0.5, 0.6) is 0 Å². The maximum absolute atomic E-state index is 12.0.